The number of hydrogen-bond acceptors (Lipinski definition) is 3. The van der Waals surface area contributed by atoms with Gasteiger partial charge in [0.1, 0.15) is 5.78 Å². The molecule has 0 aromatic rings. The van der Waals surface area contributed by atoms with Gasteiger partial charge < -0.3 is 9.47 Å². The maximum absolute atomic E-state index is 11.5. The van der Waals surface area contributed by atoms with E-state index >= 15 is 0 Å². The number of ketones is 1. The van der Waals surface area contributed by atoms with Crippen LogP contribution in [0.5, 0.6) is 0 Å². The maximum atomic E-state index is 11.5. The van der Waals surface area contributed by atoms with Crippen LogP contribution in [0.1, 0.15) is 39.5 Å². The first-order valence-electron chi connectivity index (χ1n) is 5.89. The monoisotopic (exact) mass is 212 g/mol. The lowest BCUT2D eigenvalue weighted by molar-refractivity contribution is -0.172. The van der Waals surface area contributed by atoms with Gasteiger partial charge in [-0.2, -0.15) is 0 Å². The average molecular weight is 212 g/mol. The quantitative estimate of drug-likeness (QED) is 0.666. The van der Waals surface area contributed by atoms with Crippen LogP contribution < -0.4 is 0 Å². The molecule has 2 unspecified atom stereocenters. The molecule has 2 rings (SSSR count). The minimum Gasteiger partial charge on any atom is -0.378 e. The van der Waals surface area contributed by atoms with Crippen molar-refractivity contribution in [1.82, 2.24) is 0 Å². The molecule has 3 heteroatoms. The van der Waals surface area contributed by atoms with Gasteiger partial charge in [-0.05, 0) is 5.92 Å². The Kier molecular flexibility index (Phi) is 3.12. The second-order valence-corrected chi connectivity index (χ2v) is 5.10. The van der Waals surface area contributed by atoms with Gasteiger partial charge in [0.25, 0.3) is 0 Å². The lowest BCUT2D eigenvalue weighted by Gasteiger charge is -2.43. The topological polar surface area (TPSA) is 35.5 Å². The Labute approximate surface area is 91.1 Å². The molecule has 2 fully saturated rings. The first kappa shape index (κ1) is 11.1. The van der Waals surface area contributed by atoms with Crippen LogP contribution in [0.4, 0.5) is 0 Å². The molecule has 0 aromatic heterocycles. The summed E-state index contributed by atoms with van der Waals surface area (Å²) in [4.78, 5) is 11.5. The molecule has 2 heterocycles. The molecule has 86 valence electrons. The Bertz CT molecular complexity index is 245. The molecule has 0 N–H and O–H groups in total. The molecule has 0 aliphatic carbocycles. The summed E-state index contributed by atoms with van der Waals surface area (Å²) in [5.74, 6) is 0.855. The summed E-state index contributed by atoms with van der Waals surface area (Å²) in [6, 6.07) is 0. The van der Waals surface area contributed by atoms with Gasteiger partial charge in [-0.3, -0.25) is 4.79 Å². The van der Waals surface area contributed by atoms with E-state index in [0.29, 0.717) is 31.1 Å². The largest absolute Gasteiger partial charge is 0.378 e. The molecule has 0 bridgehead atoms. The summed E-state index contributed by atoms with van der Waals surface area (Å²) in [7, 11) is 0. The van der Waals surface area contributed by atoms with Crippen molar-refractivity contribution >= 4 is 5.78 Å². The van der Waals surface area contributed by atoms with Gasteiger partial charge in [0.2, 0.25) is 0 Å². The van der Waals surface area contributed by atoms with Crippen molar-refractivity contribution in [2.75, 3.05) is 13.2 Å². The van der Waals surface area contributed by atoms with Crippen LogP contribution in [0.25, 0.3) is 0 Å². The molecule has 2 atom stereocenters. The molecular weight excluding hydrogens is 192 g/mol. The van der Waals surface area contributed by atoms with Gasteiger partial charge in [-0.15, -0.1) is 0 Å². The molecule has 2 aliphatic heterocycles. The lowest BCUT2D eigenvalue weighted by Crippen LogP contribution is -2.48. The first-order valence-corrected chi connectivity index (χ1v) is 5.89. The van der Waals surface area contributed by atoms with E-state index in [-0.39, 0.29) is 11.7 Å². The minimum atomic E-state index is -0.192. The maximum Gasteiger partial charge on any atom is 0.138 e. The van der Waals surface area contributed by atoms with Crippen LogP contribution >= 0.6 is 0 Å². The number of hydrogen-bond donors (Lipinski definition) is 0. The lowest BCUT2D eigenvalue weighted by atomic mass is 9.81. The summed E-state index contributed by atoms with van der Waals surface area (Å²) >= 11 is 0. The Morgan fingerprint density at radius 3 is 2.87 bits per heavy atom. The number of rotatable bonds is 1. The average Bonchev–Trinajstić information content (AvgIpc) is 2.17. The second kappa shape index (κ2) is 4.22. The molecule has 2 saturated heterocycles. The van der Waals surface area contributed by atoms with Gasteiger partial charge in [-0.25, -0.2) is 0 Å². The van der Waals surface area contributed by atoms with Crippen molar-refractivity contribution in [3.05, 3.63) is 0 Å². The van der Waals surface area contributed by atoms with Crippen LogP contribution in [0.3, 0.4) is 0 Å². The smallest absolute Gasteiger partial charge is 0.138 e. The predicted molar refractivity (Wildman–Crippen MR) is 56.7 cm³/mol. The summed E-state index contributed by atoms with van der Waals surface area (Å²) < 4.78 is 11.6. The fraction of sp³-hybridized carbons (Fsp3) is 0.917. The van der Waals surface area contributed by atoms with Crippen LogP contribution in [0, 0.1) is 5.92 Å². The van der Waals surface area contributed by atoms with Crippen LogP contribution in [-0.4, -0.2) is 30.7 Å². The van der Waals surface area contributed by atoms with Crippen LogP contribution in [0.15, 0.2) is 0 Å². The summed E-state index contributed by atoms with van der Waals surface area (Å²) in [5, 5.41) is 0. The van der Waals surface area contributed by atoms with E-state index in [2.05, 4.69) is 13.8 Å². The van der Waals surface area contributed by atoms with Gasteiger partial charge in [0, 0.05) is 32.3 Å². The standard InChI is InChI=1S/C12H20O3/c1-9(2)11-8-12(4-6-14-11)7-10(13)3-5-15-12/h9,11H,3-8H2,1-2H3. The van der Waals surface area contributed by atoms with E-state index in [1.54, 1.807) is 0 Å². The first-order chi connectivity index (χ1) is 7.11. The van der Waals surface area contributed by atoms with Crippen molar-refractivity contribution in [2.24, 2.45) is 5.92 Å². The SMILES string of the molecule is CC(C)C1CC2(CCO1)CC(=O)CCO2. The zero-order valence-electron chi connectivity index (χ0n) is 9.62. The van der Waals surface area contributed by atoms with E-state index in [0.717, 1.165) is 19.4 Å². The molecule has 0 amide bonds. The minimum absolute atomic E-state index is 0.192. The molecule has 0 aromatic carbocycles. The third kappa shape index (κ3) is 2.40. The third-order valence-electron chi connectivity index (χ3n) is 3.51. The Hall–Kier alpha value is -0.410. The van der Waals surface area contributed by atoms with Gasteiger partial charge in [0.15, 0.2) is 0 Å². The molecule has 3 nitrogen and oxygen atoms in total. The number of carbonyl (C=O) groups excluding carboxylic acids is 1. The van der Waals surface area contributed by atoms with Crippen molar-refractivity contribution < 1.29 is 14.3 Å². The molecule has 1 spiro atoms. The van der Waals surface area contributed by atoms with E-state index in [1.165, 1.54) is 0 Å². The number of Topliss-reactive ketones (excluding diaryl/α,β-unsaturated/α-hetero) is 1. The second-order valence-electron chi connectivity index (χ2n) is 5.10. The highest BCUT2D eigenvalue weighted by molar-refractivity contribution is 5.80. The Morgan fingerprint density at radius 2 is 2.20 bits per heavy atom. The third-order valence-corrected chi connectivity index (χ3v) is 3.51. The van der Waals surface area contributed by atoms with Gasteiger partial charge in [0.05, 0.1) is 18.3 Å². The summed E-state index contributed by atoms with van der Waals surface area (Å²) in [6.07, 6.45) is 3.21. The van der Waals surface area contributed by atoms with E-state index in [9.17, 15) is 4.79 Å². The van der Waals surface area contributed by atoms with E-state index in [1.807, 2.05) is 0 Å². The van der Waals surface area contributed by atoms with E-state index in [4.69, 9.17) is 9.47 Å². The van der Waals surface area contributed by atoms with Crippen molar-refractivity contribution in [3.8, 4) is 0 Å². The molecule has 15 heavy (non-hydrogen) atoms. The summed E-state index contributed by atoms with van der Waals surface area (Å²) in [6.45, 7) is 5.66. The summed E-state index contributed by atoms with van der Waals surface area (Å²) in [5.41, 5.74) is -0.192. The van der Waals surface area contributed by atoms with Crippen molar-refractivity contribution in [2.45, 2.75) is 51.2 Å². The van der Waals surface area contributed by atoms with Crippen molar-refractivity contribution in [3.63, 3.8) is 0 Å². The Morgan fingerprint density at radius 1 is 1.40 bits per heavy atom. The van der Waals surface area contributed by atoms with Gasteiger partial charge in [-0.1, -0.05) is 13.8 Å². The fourth-order valence-corrected chi connectivity index (χ4v) is 2.52. The zero-order chi connectivity index (χ0) is 10.9. The highest BCUT2D eigenvalue weighted by Gasteiger charge is 2.42. The normalized spacial score (nSPS) is 37.5. The zero-order valence-corrected chi connectivity index (χ0v) is 9.62. The van der Waals surface area contributed by atoms with Crippen LogP contribution in [-0.2, 0) is 14.3 Å². The van der Waals surface area contributed by atoms with Crippen molar-refractivity contribution in [1.29, 1.82) is 0 Å². The fourth-order valence-electron chi connectivity index (χ4n) is 2.52. The Balaban J connectivity index is 2.04. The van der Waals surface area contributed by atoms with Gasteiger partial charge >= 0.3 is 0 Å². The number of carbonyl (C=O) groups is 1. The van der Waals surface area contributed by atoms with E-state index < -0.39 is 0 Å². The number of ether oxygens (including phenoxy) is 2. The highest BCUT2D eigenvalue weighted by Crippen LogP contribution is 2.37. The molecule has 2 aliphatic rings. The molecule has 0 radical (unpaired) electrons. The molecule has 0 saturated carbocycles. The highest BCUT2D eigenvalue weighted by atomic mass is 16.5. The predicted octanol–water partition coefficient (Wildman–Crippen LogP) is 1.94. The molecular formula is C12H20O3. The van der Waals surface area contributed by atoms with Crippen LogP contribution in [0.2, 0.25) is 0 Å².